The van der Waals surface area contributed by atoms with Crippen molar-refractivity contribution in [2.24, 2.45) is 0 Å². The molecule has 1 aromatic carbocycles. The van der Waals surface area contributed by atoms with E-state index in [1.807, 2.05) is 0 Å². The van der Waals surface area contributed by atoms with E-state index >= 15 is 0 Å². The van der Waals surface area contributed by atoms with Crippen molar-refractivity contribution in [3.8, 4) is 0 Å². The number of hydroxylamine groups is 2. The predicted octanol–water partition coefficient (Wildman–Crippen LogP) is 3.45. The van der Waals surface area contributed by atoms with Gasteiger partial charge in [0.25, 0.3) is 0 Å². The summed E-state index contributed by atoms with van der Waals surface area (Å²) in [7, 11) is 0.526. The van der Waals surface area contributed by atoms with Crippen LogP contribution >= 0.6 is 0 Å². The molecule has 0 unspecified atom stereocenters. The van der Waals surface area contributed by atoms with Gasteiger partial charge < -0.3 is 4.74 Å². The maximum Gasteiger partial charge on any atom is 0.416 e. The second-order valence-electron chi connectivity index (χ2n) is 7.52. The Kier molecular flexibility index (Phi) is 8.87. The zero-order valence-corrected chi connectivity index (χ0v) is 18.7. The average Bonchev–Trinajstić information content (AvgIpc) is 2.75. The Hall–Kier alpha value is -1.69. The van der Waals surface area contributed by atoms with Crippen LogP contribution in [0.15, 0.2) is 29.2 Å². The maximum atomic E-state index is 12.8. The van der Waals surface area contributed by atoms with Crippen LogP contribution in [0.3, 0.4) is 0 Å². The van der Waals surface area contributed by atoms with E-state index in [2.05, 4.69) is 0 Å². The molecule has 31 heavy (non-hydrogen) atoms. The van der Waals surface area contributed by atoms with E-state index in [-0.39, 0.29) is 22.9 Å². The number of carbonyl (C=O) groups is 1. The number of hydrogen-bond acceptors (Lipinski definition) is 5. The predicted molar refractivity (Wildman–Crippen MR) is 107 cm³/mol. The highest BCUT2D eigenvalue weighted by Crippen LogP contribution is 2.32. The standard InChI is InChI=1S/C20H29F3N2O5S/c1-24(29-3)19(26)5-4-14-30-17-10-8-16(9-11-17)25(2)31(27,28)18-12-6-15(7-13-18)20(21,22)23/h6-7,12-13,16-17H,4-5,8-11,14H2,1-3H3/t16-,17-. The van der Waals surface area contributed by atoms with Crippen LogP contribution in [0, 0.1) is 0 Å². The number of alkyl halides is 3. The molecule has 0 atom stereocenters. The van der Waals surface area contributed by atoms with E-state index in [0.717, 1.165) is 29.3 Å². The Bertz CT molecular complexity index is 822. The summed E-state index contributed by atoms with van der Waals surface area (Å²) in [6.07, 6.45) is -1.12. The maximum absolute atomic E-state index is 12.8. The molecule has 1 aliphatic carbocycles. The van der Waals surface area contributed by atoms with E-state index in [0.29, 0.717) is 45.1 Å². The van der Waals surface area contributed by atoms with Crippen LogP contribution in [-0.2, 0) is 30.6 Å². The summed E-state index contributed by atoms with van der Waals surface area (Å²) in [6, 6.07) is 3.29. The molecule has 1 aromatic rings. The SMILES string of the molecule is CON(C)C(=O)CCCO[C@H]1CC[C@H](N(C)S(=O)(=O)c2ccc(C(F)(F)F)cc2)CC1. The van der Waals surface area contributed by atoms with Gasteiger partial charge in [-0.3, -0.25) is 9.63 Å². The summed E-state index contributed by atoms with van der Waals surface area (Å²) in [6.45, 7) is 0.429. The second-order valence-corrected chi connectivity index (χ2v) is 9.52. The van der Waals surface area contributed by atoms with Gasteiger partial charge in [-0.25, -0.2) is 13.5 Å². The van der Waals surface area contributed by atoms with Gasteiger partial charge in [-0.15, -0.1) is 0 Å². The summed E-state index contributed by atoms with van der Waals surface area (Å²) in [4.78, 5) is 16.3. The van der Waals surface area contributed by atoms with Crippen LogP contribution in [0.2, 0.25) is 0 Å². The minimum atomic E-state index is -4.51. The molecule has 0 radical (unpaired) electrons. The largest absolute Gasteiger partial charge is 0.416 e. The lowest BCUT2D eigenvalue weighted by molar-refractivity contribution is -0.169. The molecule has 1 fully saturated rings. The molecule has 11 heteroatoms. The quantitative estimate of drug-likeness (QED) is 0.412. The summed E-state index contributed by atoms with van der Waals surface area (Å²) in [5.41, 5.74) is -0.887. The molecule has 0 bridgehead atoms. The number of amides is 1. The number of rotatable bonds is 9. The van der Waals surface area contributed by atoms with Crippen molar-refractivity contribution in [3.05, 3.63) is 29.8 Å². The number of ether oxygens (including phenoxy) is 1. The third-order valence-corrected chi connectivity index (χ3v) is 7.45. The molecule has 0 spiro atoms. The van der Waals surface area contributed by atoms with Gasteiger partial charge >= 0.3 is 6.18 Å². The van der Waals surface area contributed by atoms with Gasteiger partial charge in [0, 0.05) is 33.2 Å². The fourth-order valence-corrected chi connectivity index (χ4v) is 4.90. The number of nitrogens with zero attached hydrogens (tertiary/aromatic N) is 2. The molecule has 1 amide bonds. The summed E-state index contributed by atoms with van der Waals surface area (Å²) >= 11 is 0. The fraction of sp³-hybridized carbons (Fsp3) is 0.650. The third-order valence-electron chi connectivity index (χ3n) is 5.53. The van der Waals surface area contributed by atoms with Crippen LogP contribution in [0.1, 0.15) is 44.1 Å². The molecule has 0 aliphatic heterocycles. The van der Waals surface area contributed by atoms with Crippen molar-refractivity contribution in [3.63, 3.8) is 0 Å². The van der Waals surface area contributed by atoms with Gasteiger partial charge in [-0.2, -0.15) is 17.5 Å². The van der Waals surface area contributed by atoms with Crippen LogP contribution in [0.5, 0.6) is 0 Å². The van der Waals surface area contributed by atoms with E-state index in [9.17, 15) is 26.4 Å². The first-order valence-corrected chi connectivity index (χ1v) is 11.5. The molecule has 1 saturated carbocycles. The van der Waals surface area contributed by atoms with Gasteiger partial charge in [0.15, 0.2) is 0 Å². The zero-order chi connectivity index (χ0) is 23.2. The second kappa shape index (κ2) is 10.8. The topological polar surface area (TPSA) is 76.2 Å². The smallest absolute Gasteiger partial charge is 0.378 e. The highest BCUT2D eigenvalue weighted by atomic mass is 32.2. The molecule has 7 nitrogen and oxygen atoms in total. The summed E-state index contributed by atoms with van der Waals surface area (Å²) < 4.78 is 70.8. The van der Waals surface area contributed by atoms with Crippen LogP contribution < -0.4 is 0 Å². The van der Waals surface area contributed by atoms with Gasteiger partial charge in [-0.1, -0.05) is 0 Å². The Labute approximate surface area is 181 Å². The van der Waals surface area contributed by atoms with Gasteiger partial charge in [-0.05, 0) is 56.4 Å². The van der Waals surface area contributed by atoms with Crippen molar-refractivity contribution in [2.45, 2.75) is 61.7 Å². The molecule has 1 aliphatic rings. The van der Waals surface area contributed by atoms with Crippen molar-refractivity contribution >= 4 is 15.9 Å². The number of halogens is 3. The van der Waals surface area contributed by atoms with Crippen LogP contribution in [0.25, 0.3) is 0 Å². The minimum absolute atomic E-state index is 0.00585. The number of carbonyl (C=O) groups excluding carboxylic acids is 1. The lowest BCUT2D eigenvalue weighted by Crippen LogP contribution is -2.40. The monoisotopic (exact) mass is 466 g/mol. The molecule has 0 heterocycles. The van der Waals surface area contributed by atoms with E-state index in [1.54, 1.807) is 7.05 Å². The lowest BCUT2D eigenvalue weighted by atomic mass is 9.93. The normalized spacial score (nSPS) is 20.1. The van der Waals surface area contributed by atoms with Crippen molar-refractivity contribution in [1.29, 1.82) is 0 Å². The first kappa shape index (κ1) is 25.6. The number of benzene rings is 1. The van der Waals surface area contributed by atoms with Gasteiger partial charge in [0.2, 0.25) is 15.9 Å². The van der Waals surface area contributed by atoms with Crippen LogP contribution in [0.4, 0.5) is 13.2 Å². The van der Waals surface area contributed by atoms with Gasteiger partial charge in [0.1, 0.15) is 0 Å². The van der Waals surface area contributed by atoms with E-state index in [1.165, 1.54) is 18.5 Å². The lowest BCUT2D eigenvalue weighted by Gasteiger charge is -2.34. The molecular formula is C20H29F3N2O5S. The summed E-state index contributed by atoms with van der Waals surface area (Å²) in [5.74, 6) is -0.134. The Morgan fingerprint density at radius 3 is 2.19 bits per heavy atom. The van der Waals surface area contributed by atoms with Crippen molar-refractivity contribution < 1.29 is 36.0 Å². The molecule has 0 aromatic heterocycles. The summed E-state index contributed by atoms with van der Waals surface area (Å²) in [5, 5.41) is 1.16. The van der Waals surface area contributed by atoms with Gasteiger partial charge in [0.05, 0.1) is 23.7 Å². The van der Waals surface area contributed by atoms with Crippen molar-refractivity contribution in [1.82, 2.24) is 9.37 Å². The highest BCUT2D eigenvalue weighted by Gasteiger charge is 2.34. The zero-order valence-electron chi connectivity index (χ0n) is 17.9. The molecule has 0 N–H and O–H groups in total. The Morgan fingerprint density at radius 1 is 1.10 bits per heavy atom. The Morgan fingerprint density at radius 2 is 1.68 bits per heavy atom. The van der Waals surface area contributed by atoms with Crippen molar-refractivity contribution in [2.75, 3.05) is 27.8 Å². The molecule has 176 valence electrons. The Balaban J connectivity index is 1.83. The van der Waals surface area contributed by atoms with Crippen LogP contribution in [-0.4, -0.2) is 63.7 Å². The molecule has 2 rings (SSSR count). The fourth-order valence-electron chi connectivity index (χ4n) is 3.49. The first-order valence-electron chi connectivity index (χ1n) is 10.0. The highest BCUT2D eigenvalue weighted by molar-refractivity contribution is 7.89. The van der Waals surface area contributed by atoms with E-state index in [4.69, 9.17) is 9.57 Å². The third kappa shape index (κ3) is 6.90. The number of sulfonamides is 1. The van der Waals surface area contributed by atoms with E-state index < -0.39 is 21.8 Å². The molecule has 0 saturated heterocycles. The first-order chi connectivity index (χ1) is 14.5. The molecular weight excluding hydrogens is 437 g/mol. The minimum Gasteiger partial charge on any atom is -0.378 e. The number of hydrogen-bond donors (Lipinski definition) is 0. The average molecular weight is 467 g/mol.